The summed E-state index contributed by atoms with van der Waals surface area (Å²) in [5.74, 6) is -2.11. The topological polar surface area (TPSA) is 90.4 Å². The molecule has 15 heavy (non-hydrogen) atoms. The molecule has 0 saturated heterocycles. The Balaban J connectivity index is 3.20. The van der Waals surface area contributed by atoms with Crippen molar-refractivity contribution in [3.8, 4) is 5.75 Å². The fraction of sp³-hybridized carbons (Fsp3) is 0.250. The molecule has 0 amide bonds. The number of hydrogen-bond donors (Lipinski definition) is 3. The van der Waals surface area contributed by atoms with Crippen LogP contribution in [0.5, 0.6) is 5.75 Å². The number of aromatic amines is 1. The number of aromatic hydroxyl groups is 1. The first-order valence-electron chi connectivity index (χ1n) is 3.87. The van der Waals surface area contributed by atoms with Crippen molar-refractivity contribution >= 4 is 5.97 Å². The number of aliphatic carboxylic acids is 1. The lowest BCUT2D eigenvalue weighted by Gasteiger charge is -2.04. The van der Waals surface area contributed by atoms with Crippen molar-refractivity contribution in [2.75, 3.05) is 0 Å². The molecule has 0 aliphatic carbocycles. The molecule has 0 unspecified atom stereocenters. The van der Waals surface area contributed by atoms with Crippen molar-refractivity contribution < 1.29 is 23.8 Å². The molecule has 0 aliphatic heterocycles. The number of nitrogens with one attached hydrogen (secondary N) is 1. The van der Waals surface area contributed by atoms with Crippen molar-refractivity contribution in [3.63, 3.8) is 0 Å². The van der Waals surface area contributed by atoms with Crippen molar-refractivity contribution in [3.05, 3.63) is 27.7 Å². The van der Waals surface area contributed by atoms with Gasteiger partial charge in [0.1, 0.15) is 11.4 Å². The third-order valence-electron chi connectivity index (χ3n) is 1.69. The van der Waals surface area contributed by atoms with Gasteiger partial charge in [-0.2, -0.15) is 0 Å². The summed E-state index contributed by atoms with van der Waals surface area (Å²) in [4.78, 5) is 23.1. The highest BCUT2D eigenvalue weighted by Crippen LogP contribution is 2.24. The standard InChI is InChI=1S/C8H7F2NO4/c9-7(10)6-4(12)1-3(2-5(13)14)8(15)11-6/h1,7,12H,2H2,(H,11,15)(H,13,14). The van der Waals surface area contributed by atoms with Gasteiger partial charge in [0.2, 0.25) is 0 Å². The highest BCUT2D eigenvalue weighted by atomic mass is 19.3. The van der Waals surface area contributed by atoms with Crippen molar-refractivity contribution in [2.24, 2.45) is 0 Å². The Labute approximate surface area is 82.0 Å². The summed E-state index contributed by atoms with van der Waals surface area (Å²) in [7, 11) is 0. The van der Waals surface area contributed by atoms with Crippen molar-refractivity contribution in [1.82, 2.24) is 4.98 Å². The first-order chi connectivity index (χ1) is 6.91. The van der Waals surface area contributed by atoms with E-state index in [0.717, 1.165) is 6.07 Å². The summed E-state index contributed by atoms with van der Waals surface area (Å²) < 4.78 is 24.3. The van der Waals surface area contributed by atoms with E-state index < -0.39 is 35.8 Å². The van der Waals surface area contributed by atoms with Gasteiger partial charge in [0, 0.05) is 5.56 Å². The van der Waals surface area contributed by atoms with E-state index in [1.54, 1.807) is 4.98 Å². The molecule has 7 heteroatoms. The van der Waals surface area contributed by atoms with Crippen LogP contribution in [0.15, 0.2) is 10.9 Å². The first kappa shape index (κ1) is 11.2. The van der Waals surface area contributed by atoms with E-state index in [9.17, 15) is 18.4 Å². The molecule has 0 radical (unpaired) electrons. The second-order valence-electron chi connectivity index (χ2n) is 2.79. The van der Waals surface area contributed by atoms with E-state index in [1.807, 2.05) is 0 Å². The summed E-state index contributed by atoms with van der Waals surface area (Å²) in [6, 6.07) is 0.731. The third kappa shape index (κ3) is 2.52. The van der Waals surface area contributed by atoms with Crippen LogP contribution in [0.3, 0.4) is 0 Å². The van der Waals surface area contributed by atoms with E-state index in [-0.39, 0.29) is 5.56 Å². The van der Waals surface area contributed by atoms with E-state index in [4.69, 9.17) is 10.2 Å². The van der Waals surface area contributed by atoms with Crippen molar-refractivity contribution in [1.29, 1.82) is 0 Å². The van der Waals surface area contributed by atoms with Crippen LogP contribution < -0.4 is 5.56 Å². The van der Waals surface area contributed by atoms with E-state index in [1.165, 1.54) is 0 Å². The van der Waals surface area contributed by atoms with Gasteiger partial charge < -0.3 is 15.2 Å². The van der Waals surface area contributed by atoms with Gasteiger partial charge >= 0.3 is 5.97 Å². The van der Waals surface area contributed by atoms with E-state index >= 15 is 0 Å². The van der Waals surface area contributed by atoms with Gasteiger partial charge in [-0.05, 0) is 6.07 Å². The van der Waals surface area contributed by atoms with Crippen LogP contribution in [0.4, 0.5) is 8.78 Å². The lowest BCUT2D eigenvalue weighted by atomic mass is 10.2. The van der Waals surface area contributed by atoms with Crippen LogP contribution in [-0.2, 0) is 11.2 Å². The highest BCUT2D eigenvalue weighted by Gasteiger charge is 2.16. The molecule has 0 saturated carbocycles. The summed E-state index contributed by atoms with van der Waals surface area (Å²) in [5, 5.41) is 17.4. The molecule has 1 aromatic heterocycles. The van der Waals surface area contributed by atoms with Crippen LogP contribution in [0, 0.1) is 0 Å². The fourth-order valence-electron chi connectivity index (χ4n) is 1.04. The van der Waals surface area contributed by atoms with Gasteiger partial charge in [-0.25, -0.2) is 8.78 Å². The minimum Gasteiger partial charge on any atom is -0.506 e. The van der Waals surface area contributed by atoms with E-state index in [2.05, 4.69) is 0 Å². The Morgan fingerprint density at radius 3 is 2.60 bits per heavy atom. The zero-order valence-corrected chi connectivity index (χ0v) is 7.33. The van der Waals surface area contributed by atoms with Gasteiger partial charge in [-0.1, -0.05) is 0 Å². The normalized spacial score (nSPS) is 10.6. The Kier molecular flexibility index (Phi) is 3.03. The van der Waals surface area contributed by atoms with Crippen LogP contribution in [-0.4, -0.2) is 21.2 Å². The number of H-pyrrole nitrogens is 1. The number of rotatable bonds is 3. The van der Waals surface area contributed by atoms with Crippen LogP contribution in [0.25, 0.3) is 0 Å². The zero-order chi connectivity index (χ0) is 11.6. The van der Waals surface area contributed by atoms with Crippen LogP contribution >= 0.6 is 0 Å². The molecule has 0 spiro atoms. The predicted molar refractivity (Wildman–Crippen MR) is 45.0 cm³/mol. The summed E-state index contributed by atoms with van der Waals surface area (Å²) >= 11 is 0. The van der Waals surface area contributed by atoms with Gasteiger partial charge in [0.25, 0.3) is 12.0 Å². The minimum atomic E-state index is -3.02. The predicted octanol–water partition coefficient (Wildman–Crippen LogP) is 0.645. The monoisotopic (exact) mass is 219 g/mol. The minimum absolute atomic E-state index is 0.274. The lowest BCUT2D eigenvalue weighted by Crippen LogP contribution is -2.17. The Hall–Kier alpha value is -1.92. The smallest absolute Gasteiger partial charge is 0.308 e. The zero-order valence-electron chi connectivity index (χ0n) is 7.33. The van der Waals surface area contributed by atoms with Crippen molar-refractivity contribution in [2.45, 2.75) is 12.8 Å². The van der Waals surface area contributed by atoms with E-state index in [0.29, 0.717) is 0 Å². The van der Waals surface area contributed by atoms with Crippen LogP contribution in [0.2, 0.25) is 0 Å². The number of aromatic nitrogens is 1. The highest BCUT2D eigenvalue weighted by molar-refractivity contribution is 5.70. The molecule has 3 N–H and O–H groups in total. The SMILES string of the molecule is O=C(O)Cc1cc(O)c(C(F)F)[nH]c1=O. The Morgan fingerprint density at radius 2 is 2.13 bits per heavy atom. The largest absolute Gasteiger partial charge is 0.506 e. The number of alkyl halides is 2. The molecule has 1 rings (SSSR count). The second kappa shape index (κ2) is 4.07. The average Bonchev–Trinajstić information content (AvgIpc) is 2.09. The summed E-state index contributed by atoms with van der Waals surface area (Å²) in [6.45, 7) is 0. The maximum atomic E-state index is 12.2. The van der Waals surface area contributed by atoms with Crippen LogP contribution in [0.1, 0.15) is 17.7 Å². The molecule has 0 atom stereocenters. The van der Waals surface area contributed by atoms with Gasteiger partial charge in [0.05, 0.1) is 6.42 Å². The number of pyridine rings is 1. The number of halogens is 2. The fourth-order valence-corrected chi connectivity index (χ4v) is 1.04. The third-order valence-corrected chi connectivity index (χ3v) is 1.69. The number of carbonyl (C=O) groups is 1. The van der Waals surface area contributed by atoms with Gasteiger partial charge in [0.15, 0.2) is 0 Å². The number of carboxylic acids is 1. The van der Waals surface area contributed by atoms with Gasteiger partial charge in [-0.15, -0.1) is 0 Å². The molecule has 1 aromatic rings. The molecule has 1 heterocycles. The molecular formula is C8H7F2NO4. The maximum Gasteiger partial charge on any atom is 0.308 e. The lowest BCUT2D eigenvalue weighted by molar-refractivity contribution is -0.136. The number of hydrogen-bond acceptors (Lipinski definition) is 3. The quantitative estimate of drug-likeness (QED) is 0.695. The summed E-state index contributed by atoms with van der Waals surface area (Å²) in [6.07, 6.45) is -3.65. The molecule has 82 valence electrons. The van der Waals surface area contributed by atoms with Gasteiger partial charge in [-0.3, -0.25) is 9.59 Å². The molecule has 0 fully saturated rings. The molecule has 0 aromatic carbocycles. The summed E-state index contributed by atoms with van der Waals surface area (Å²) in [5.41, 5.74) is -2.12. The average molecular weight is 219 g/mol. The Bertz CT molecular complexity index is 441. The Morgan fingerprint density at radius 1 is 1.53 bits per heavy atom. The molecule has 0 bridgehead atoms. The second-order valence-corrected chi connectivity index (χ2v) is 2.79. The molecule has 0 aliphatic rings. The molecule has 5 nitrogen and oxygen atoms in total. The number of carboxylic acid groups (broad SMARTS) is 1. The molecular weight excluding hydrogens is 212 g/mol. The maximum absolute atomic E-state index is 12.2. The first-order valence-corrected chi connectivity index (χ1v) is 3.87.